The van der Waals surface area contributed by atoms with E-state index in [2.05, 4.69) is 6.92 Å². The van der Waals surface area contributed by atoms with Gasteiger partial charge < -0.3 is 10.0 Å². The highest BCUT2D eigenvalue weighted by Crippen LogP contribution is 2.42. The van der Waals surface area contributed by atoms with Gasteiger partial charge in [0.25, 0.3) is 5.91 Å². The Labute approximate surface area is 148 Å². The standard InChI is InChI=1S/C21H23NO3/c1-3-7-15-10-12-16(13-11-15)19(23)14-21(25)17-8-5-6-9-18(17)22(4-2)20(21)24/h5-6,8-13,25H,3-4,7,14H2,1-2H3. The van der Waals surface area contributed by atoms with Crippen molar-refractivity contribution in [2.75, 3.05) is 11.4 Å². The van der Waals surface area contributed by atoms with Crippen LogP contribution in [0.25, 0.3) is 0 Å². The van der Waals surface area contributed by atoms with Crippen LogP contribution in [0.3, 0.4) is 0 Å². The van der Waals surface area contributed by atoms with E-state index in [4.69, 9.17) is 0 Å². The van der Waals surface area contributed by atoms with Crippen molar-refractivity contribution >= 4 is 17.4 Å². The SMILES string of the molecule is CCCc1ccc(C(=O)CC2(O)C(=O)N(CC)c3ccccc32)cc1. The third-order valence-corrected chi connectivity index (χ3v) is 4.79. The van der Waals surface area contributed by atoms with Crippen molar-refractivity contribution in [3.63, 3.8) is 0 Å². The Morgan fingerprint density at radius 1 is 1.08 bits per heavy atom. The van der Waals surface area contributed by atoms with E-state index in [1.807, 2.05) is 25.1 Å². The van der Waals surface area contributed by atoms with Crippen LogP contribution in [0.5, 0.6) is 0 Å². The van der Waals surface area contributed by atoms with Crippen LogP contribution in [0.2, 0.25) is 0 Å². The average molecular weight is 337 g/mol. The molecule has 4 nitrogen and oxygen atoms in total. The minimum Gasteiger partial charge on any atom is -0.375 e. The maximum Gasteiger partial charge on any atom is 0.264 e. The number of para-hydroxylation sites is 1. The van der Waals surface area contributed by atoms with Gasteiger partial charge in [-0.15, -0.1) is 0 Å². The van der Waals surface area contributed by atoms with E-state index in [1.54, 1.807) is 30.3 Å². The summed E-state index contributed by atoms with van der Waals surface area (Å²) in [6.07, 6.45) is 1.77. The molecule has 1 aliphatic heterocycles. The summed E-state index contributed by atoms with van der Waals surface area (Å²) in [7, 11) is 0. The van der Waals surface area contributed by atoms with Crippen LogP contribution in [-0.4, -0.2) is 23.3 Å². The number of aliphatic hydroxyl groups is 1. The molecule has 2 aromatic rings. The minimum absolute atomic E-state index is 0.230. The number of fused-ring (bicyclic) bond motifs is 1. The van der Waals surface area contributed by atoms with Gasteiger partial charge in [0.15, 0.2) is 11.4 Å². The number of anilines is 1. The van der Waals surface area contributed by atoms with Crippen LogP contribution >= 0.6 is 0 Å². The molecule has 0 saturated carbocycles. The summed E-state index contributed by atoms with van der Waals surface area (Å²) in [6.45, 7) is 4.42. The number of hydrogen-bond donors (Lipinski definition) is 1. The molecular formula is C21H23NO3. The highest BCUT2D eigenvalue weighted by atomic mass is 16.3. The van der Waals surface area contributed by atoms with Gasteiger partial charge in [-0.25, -0.2) is 0 Å². The molecular weight excluding hydrogens is 314 g/mol. The Balaban J connectivity index is 1.88. The van der Waals surface area contributed by atoms with Crippen LogP contribution in [0.4, 0.5) is 5.69 Å². The summed E-state index contributed by atoms with van der Waals surface area (Å²) < 4.78 is 0. The topological polar surface area (TPSA) is 57.6 Å². The summed E-state index contributed by atoms with van der Waals surface area (Å²) in [5, 5.41) is 11.1. The molecule has 0 saturated heterocycles. The number of hydrogen-bond acceptors (Lipinski definition) is 3. The van der Waals surface area contributed by atoms with Crippen molar-refractivity contribution < 1.29 is 14.7 Å². The van der Waals surface area contributed by atoms with Gasteiger partial charge in [0.05, 0.1) is 12.1 Å². The third kappa shape index (κ3) is 2.98. The van der Waals surface area contributed by atoms with Gasteiger partial charge in [0, 0.05) is 17.7 Å². The zero-order valence-electron chi connectivity index (χ0n) is 14.7. The van der Waals surface area contributed by atoms with Gasteiger partial charge in [-0.05, 0) is 25.0 Å². The van der Waals surface area contributed by atoms with E-state index in [-0.39, 0.29) is 12.2 Å². The Bertz CT molecular complexity index is 797. The zero-order valence-corrected chi connectivity index (χ0v) is 14.7. The fourth-order valence-corrected chi connectivity index (χ4v) is 3.47. The molecule has 0 aromatic heterocycles. The number of benzene rings is 2. The van der Waals surface area contributed by atoms with Gasteiger partial charge in [-0.3, -0.25) is 9.59 Å². The number of rotatable bonds is 6. The van der Waals surface area contributed by atoms with Crippen molar-refractivity contribution in [3.8, 4) is 0 Å². The Morgan fingerprint density at radius 3 is 2.40 bits per heavy atom. The summed E-state index contributed by atoms with van der Waals surface area (Å²) in [4.78, 5) is 27.0. The van der Waals surface area contributed by atoms with Crippen LogP contribution in [0.15, 0.2) is 48.5 Å². The van der Waals surface area contributed by atoms with Gasteiger partial charge in [0.2, 0.25) is 0 Å². The monoisotopic (exact) mass is 337 g/mol. The second kappa shape index (κ2) is 6.81. The van der Waals surface area contributed by atoms with Crippen LogP contribution in [0, 0.1) is 0 Å². The molecule has 0 fully saturated rings. The molecule has 1 aliphatic rings. The van der Waals surface area contributed by atoms with Gasteiger partial charge in [-0.1, -0.05) is 55.8 Å². The summed E-state index contributed by atoms with van der Waals surface area (Å²) >= 11 is 0. The first-order chi connectivity index (χ1) is 12.0. The van der Waals surface area contributed by atoms with E-state index >= 15 is 0 Å². The van der Waals surface area contributed by atoms with Crippen molar-refractivity contribution in [1.82, 2.24) is 0 Å². The van der Waals surface area contributed by atoms with Crippen LogP contribution in [0.1, 0.15) is 48.2 Å². The smallest absolute Gasteiger partial charge is 0.264 e. The molecule has 0 bridgehead atoms. The first-order valence-corrected chi connectivity index (χ1v) is 8.77. The van der Waals surface area contributed by atoms with E-state index in [0.717, 1.165) is 12.8 Å². The number of carbonyl (C=O) groups is 2. The van der Waals surface area contributed by atoms with E-state index in [0.29, 0.717) is 23.4 Å². The molecule has 1 atom stereocenters. The number of ketones is 1. The second-order valence-electron chi connectivity index (χ2n) is 6.47. The number of Topliss-reactive ketones (excluding diaryl/α,β-unsaturated/α-hetero) is 1. The van der Waals surface area contributed by atoms with Gasteiger partial charge in [0.1, 0.15) is 0 Å². The molecule has 130 valence electrons. The number of amides is 1. The number of aryl methyl sites for hydroxylation is 1. The first-order valence-electron chi connectivity index (χ1n) is 8.77. The van der Waals surface area contributed by atoms with Crippen molar-refractivity contribution in [1.29, 1.82) is 0 Å². The fourth-order valence-electron chi connectivity index (χ4n) is 3.47. The molecule has 1 heterocycles. The predicted molar refractivity (Wildman–Crippen MR) is 97.8 cm³/mol. The highest BCUT2D eigenvalue weighted by molar-refractivity contribution is 6.10. The van der Waals surface area contributed by atoms with E-state index in [9.17, 15) is 14.7 Å². The molecule has 0 spiro atoms. The summed E-state index contributed by atoms with van der Waals surface area (Å²) in [5.74, 6) is -0.654. The molecule has 0 radical (unpaired) electrons. The third-order valence-electron chi connectivity index (χ3n) is 4.79. The minimum atomic E-state index is -1.79. The number of carbonyl (C=O) groups excluding carboxylic acids is 2. The summed E-state index contributed by atoms with van der Waals surface area (Å²) in [5.41, 5.74) is 1.11. The fraction of sp³-hybridized carbons (Fsp3) is 0.333. The normalized spacial score (nSPS) is 19.2. The zero-order chi connectivity index (χ0) is 18.0. The molecule has 2 aromatic carbocycles. The lowest BCUT2D eigenvalue weighted by Gasteiger charge is -2.22. The van der Waals surface area contributed by atoms with Crippen molar-refractivity contribution in [3.05, 3.63) is 65.2 Å². The quantitative estimate of drug-likeness (QED) is 0.821. The maximum absolute atomic E-state index is 12.7. The predicted octanol–water partition coefficient (Wildman–Crippen LogP) is 3.47. The van der Waals surface area contributed by atoms with Gasteiger partial charge in [-0.2, -0.15) is 0 Å². The van der Waals surface area contributed by atoms with Crippen molar-refractivity contribution in [2.45, 2.75) is 38.7 Å². The summed E-state index contributed by atoms with van der Waals surface area (Å²) in [6, 6.07) is 14.6. The lowest BCUT2D eigenvalue weighted by Crippen LogP contribution is -2.41. The van der Waals surface area contributed by atoms with E-state index in [1.165, 1.54) is 10.5 Å². The van der Waals surface area contributed by atoms with Crippen molar-refractivity contribution in [2.24, 2.45) is 0 Å². The van der Waals surface area contributed by atoms with Crippen LogP contribution < -0.4 is 4.90 Å². The lowest BCUT2D eigenvalue weighted by atomic mass is 9.88. The largest absolute Gasteiger partial charge is 0.375 e. The Kier molecular flexibility index (Phi) is 4.73. The Hall–Kier alpha value is -2.46. The van der Waals surface area contributed by atoms with Crippen LogP contribution in [-0.2, 0) is 16.8 Å². The molecule has 1 amide bonds. The molecule has 25 heavy (non-hydrogen) atoms. The number of nitrogens with zero attached hydrogens (tertiary/aromatic N) is 1. The second-order valence-corrected chi connectivity index (χ2v) is 6.47. The van der Waals surface area contributed by atoms with E-state index < -0.39 is 11.5 Å². The molecule has 0 aliphatic carbocycles. The Morgan fingerprint density at radius 2 is 1.76 bits per heavy atom. The number of likely N-dealkylation sites (N-methyl/N-ethyl adjacent to an activating group) is 1. The maximum atomic E-state index is 12.7. The molecule has 1 N–H and O–H groups in total. The highest BCUT2D eigenvalue weighted by Gasteiger charge is 2.50. The first kappa shape index (κ1) is 17.4. The van der Waals surface area contributed by atoms with Gasteiger partial charge >= 0.3 is 0 Å². The average Bonchev–Trinajstić information content (AvgIpc) is 2.83. The molecule has 4 heteroatoms. The molecule has 3 rings (SSSR count). The molecule has 1 unspecified atom stereocenters. The lowest BCUT2D eigenvalue weighted by molar-refractivity contribution is -0.135.